The summed E-state index contributed by atoms with van der Waals surface area (Å²) < 4.78 is 0. The van der Waals surface area contributed by atoms with Crippen molar-refractivity contribution in [3.05, 3.63) is 23.2 Å². The SMILES string of the molecule is CC1(C)C(Nc2cc(Cl)ccc2N)C1(C)C. The van der Waals surface area contributed by atoms with Crippen molar-refractivity contribution in [2.75, 3.05) is 11.1 Å². The van der Waals surface area contributed by atoms with E-state index in [1.54, 1.807) is 0 Å². The van der Waals surface area contributed by atoms with Gasteiger partial charge in [-0.3, -0.25) is 0 Å². The minimum absolute atomic E-state index is 0.293. The van der Waals surface area contributed by atoms with Crippen LogP contribution in [0.4, 0.5) is 11.4 Å². The zero-order valence-corrected chi connectivity index (χ0v) is 11.0. The molecule has 3 N–H and O–H groups in total. The van der Waals surface area contributed by atoms with Crippen LogP contribution in [0.1, 0.15) is 27.7 Å². The van der Waals surface area contributed by atoms with Crippen molar-refractivity contribution in [2.24, 2.45) is 10.8 Å². The Balaban J connectivity index is 2.21. The maximum Gasteiger partial charge on any atom is 0.0591 e. The van der Waals surface area contributed by atoms with Crippen LogP contribution in [0.15, 0.2) is 18.2 Å². The van der Waals surface area contributed by atoms with Crippen LogP contribution >= 0.6 is 11.6 Å². The Bertz CT molecular complexity index is 410. The highest BCUT2D eigenvalue weighted by atomic mass is 35.5. The van der Waals surface area contributed by atoms with Gasteiger partial charge in [0, 0.05) is 11.1 Å². The summed E-state index contributed by atoms with van der Waals surface area (Å²) in [6.45, 7) is 9.08. The second-order valence-electron chi connectivity index (χ2n) is 5.75. The van der Waals surface area contributed by atoms with Crippen LogP contribution in [-0.4, -0.2) is 6.04 Å². The molecule has 0 radical (unpaired) electrons. The van der Waals surface area contributed by atoms with Crippen molar-refractivity contribution < 1.29 is 0 Å². The van der Waals surface area contributed by atoms with Crippen molar-refractivity contribution in [3.8, 4) is 0 Å². The van der Waals surface area contributed by atoms with E-state index in [-0.39, 0.29) is 0 Å². The highest BCUT2D eigenvalue weighted by Crippen LogP contribution is 2.63. The highest BCUT2D eigenvalue weighted by Gasteiger charge is 2.64. The van der Waals surface area contributed by atoms with E-state index in [4.69, 9.17) is 17.3 Å². The molecule has 1 aromatic rings. The van der Waals surface area contributed by atoms with Gasteiger partial charge in [0.2, 0.25) is 0 Å². The van der Waals surface area contributed by atoms with Gasteiger partial charge in [0.25, 0.3) is 0 Å². The topological polar surface area (TPSA) is 38.0 Å². The summed E-state index contributed by atoms with van der Waals surface area (Å²) in [6.07, 6.45) is 0. The number of nitrogen functional groups attached to an aromatic ring is 1. The van der Waals surface area contributed by atoms with Crippen molar-refractivity contribution >= 4 is 23.0 Å². The van der Waals surface area contributed by atoms with Gasteiger partial charge in [-0.15, -0.1) is 0 Å². The third-order valence-electron chi connectivity index (χ3n) is 4.34. The smallest absolute Gasteiger partial charge is 0.0591 e. The minimum atomic E-state index is 0.293. The lowest BCUT2D eigenvalue weighted by Gasteiger charge is -2.11. The first kappa shape index (κ1) is 11.6. The number of nitrogens with one attached hydrogen (secondary N) is 1. The summed E-state index contributed by atoms with van der Waals surface area (Å²) in [5.74, 6) is 0. The minimum Gasteiger partial charge on any atom is -0.397 e. The van der Waals surface area contributed by atoms with Gasteiger partial charge in [-0.1, -0.05) is 39.3 Å². The molecule has 16 heavy (non-hydrogen) atoms. The zero-order valence-electron chi connectivity index (χ0n) is 10.3. The average Bonchev–Trinajstić information content (AvgIpc) is 2.54. The first-order valence-electron chi connectivity index (χ1n) is 5.58. The van der Waals surface area contributed by atoms with Gasteiger partial charge in [-0.05, 0) is 29.0 Å². The Kier molecular flexibility index (Phi) is 2.39. The molecule has 0 atom stereocenters. The number of hydrogen-bond acceptors (Lipinski definition) is 2. The van der Waals surface area contributed by atoms with E-state index in [0.29, 0.717) is 21.9 Å². The molecular formula is C13H19ClN2. The normalized spacial score (nSPS) is 21.8. The number of halogens is 1. The van der Waals surface area contributed by atoms with Crippen molar-refractivity contribution in [2.45, 2.75) is 33.7 Å². The Morgan fingerprint density at radius 3 is 2.25 bits per heavy atom. The van der Waals surface area contributed by atoms with Crippen molar-refractivity contribution in [3.63, 3.8) is 0 Å². The third-order valence-corrected chi connectivity index (χ3v) is 4.57. The lowest BCUT2D eigenvalue weighted by atomic mass is 10.0. The molecule has 0 bridgehead atoms. The van der Waals surface area contributed by atoms with Crippen LogP contribution in [0.3, 0.4) is 0 Å². The number of anilines is 2. The quantitative estimate of drug-likeness (QED) is 0.770. The van der Waals surface area contributed by atoms with Gasteiger partial charge in [0.1, 0.15) is 0 Å². The molecule has 0 aliphatic heterocycles. The molecule has 1 aliphatic carbocycles. The third kappa shape index (κ3) is 1.56. The average molecular weight is 239 g/mol. The fraction of sp³-hybridized carbons (Fsp3) is 0.538. The highest BCUT2D eigenvalue weighted by molar-refractivity contribution is 6.31. The van der Waals surface area contributed by atoms with Crippen LogP contribution in [0.5, 0.6) is 0 Å². The monoisotopic (exact) mass is 238 g/mol. The maximum absolute atomic E-state index is 5.97. The van der Waals surface area contributed by atoms with Gasteiger partial charge in [-0.2, -0.15) is 0 Å². The van der Waals surface area contributed by atoms with E-state index >= 15 is 0 Å². The number of rotatable bonds is 2. The van der Waals surface area contributed by atoms with E-state index < -0.39 is 0 Å². The van der Waals surface area contributed by atoms with Crippen molar-refractivity contribution in [1.29, 1.82) is 0 Å². The second-order valence-corrected chi connectivity index (χ2v) is 6.19. The number of benzene rings is 1. The fourth-order valence-electron chi connectivity index (χ4n) is 2.37. The largest absolute Gasteiger partial charge is 0.397 e. The van der Waals surface area contributed by atoms with E-state index in [1.165, 1.54) is 0 Å². The van der Waals surface area contributed by atoms with Gasteiger partial charge >= 0.3 is 0 Å². The summed E-state index contributed by atoms with van der Waals surface area (Å²) in [7, 11) is 0. The molecule has 0 aromatic heterocycles. The summed E-state index contributed by atoms with van der Waals surface area (Å²) in [6, 6.07) is 5.99. The van der Waals surface area contributed by atoms with E-state index in [2.05, 4.69) is 33.0 Å². The fourth-order valence-corrected chi connectivity index (χ4v) is 2.54. The maximum atomic E-state index is 5.97. The number of nitrogens with two attached hydrogens (primary N) is 1. The number of hydrogen-bond donors (Lipinski definition) is 2. The molecule has 1 aliphatic rings. The lowest BCUT2D eigenvalue weighted by Crippen LogP contribution is -2.11. The van der Waals surface area contributed by atoms with Crippen molar-refractivity contribution in [1.82, 2.24) is 0 Å². The Hall–Kier alpha value is -0.890. The van der Waals surface area contributed by atoms with Gasteiger partial charge in [-0.25, -0.2) is 0 Å². The first-order valence-corrected chi connectivity index (χ1v) is 5.96. The predicted octanol–water partition coefficient (Wildman–Crippen LogP) is 3.77. The molecule has 1 fully saturated rings. The Morgan fingerprint density at radius 1 is 1.19 bits per heavy atom. The van der Waals surface area contributed by atoms with Gasteiger partial charge in [0.15, 0.2) is 0 Å². The second kappa shape index (κ2) is 3.30. The Labute approximate surface area is 102 Å². The van der Waals surface area contributed by atoms with E-state index in [0.717, 1.165) is 11.4 Å². The molecule has 0 amide bonds. The summed E-state index contributed by atoms with van der Waals surface area (Å²) in [5, 5.41) is 4.21. The van der Waals surface area contributed by atoms with Crippen LogP contribution in [0.2, 0.25) is 5.02 Å². The van der Waals surface area contributed by atoms with Crippen LogP contribution in [-0.2, 0) is 0 Å². The van der Waals surface area contributed by atoms with Crippen LogP contribution < -0.4 is 11.1 Å². The molecule has 0 spiro atoms. The molecule has 0 saturated heterocycles. The first-order chi connectivity index (χ1) is 7.26. The van der Waals surface area contributed by atoms with Crippen LogP contribution in [0, 0.1) is 10.8 Å². The predicted molar refractivity (Wildman–Crippen MR) is 70.8 cm³/mol. The summed E-state index contributed by atoms with van der Waals surface area (Å²) in [4.78, 5) is 0. The molecule has 0 heterocycles. The zero-order chi connectivity index (χ0) is 12.1. The lowest BCUT2D eigenvalue weighted by molar-refractivity contribution is 0.457. The van der Waals surface area contributed by atoms with Gasteiger partial charge in [0.05, 0.1) is 11.4 Å². The van der Waals surface area contributed by atoms with Gasteiger partial charge < -0.3 is 11.1 Å². The standard InChI is InChI=1S/C13H19ClN2/c1-12(2)11(13(12,3)4)16-10-7-8(14)5-6-9(10)15/h5-7,11,16H,15H2,1-4H3. The summed E-state index contributed by atoms with van der Waals surface area (Å²) >= 11 is 5.97. The molecule has 2 rings (SSSR count). The van der Waals surface area contributed by atoms with Crippen LogP contribution in [0.25, 0.3) is 0 Å². The van der Waals surface area contributed by atoms with E-state index in [9.17, 15) is 0 Å². The van der Waals surface area contributed by atoms with E-state index in [1.807, 2.05) is 18.2 Å². The molecule has 2 nitrogen and oxygen atoms in total. The summed E-state index contributed by atoms with van der Waals surface area (Å²) in [5.41, 5.74) is 8.20. The molecule has 3 heteroatoms. The Morgan fingerprint density at radius 2 is 1.75 bits per heavy atom. The molecule has 0 unspecified atom stereocenters. The molecule has 88 valence electrons. The molecule has 1 aromatic carbocycles. The molecular weight excluding hydrogens is 220 g/mol. The molecule has 1 saturated carbocycles.